The quantitative estimate of drug-likeness (QED) is 0.340. The van der Waals surface area contributed by atoms with Gasteiger partial charge in [0.2, 0.25) is 0 Å². The summed E-state index contributed by atoms with van der Waals surface area (Å²) in [6.07, 6.45) is 2.94. The second-order valence-electron chi connectivity index (χ2n) is 10.3. The zero-order valence-corrected chi connectivity index (χ0v) is 22.7. The first kappa shape index (κ1) is 26.0. The minimum absolute atomic E-state index is 0.0992. The van der Waals surface area contributed by atoms with Gasteiger partial charge < -0.3 is 25.3 Å². The number of ether oxygens (including phenoxy) is 1. The van der Waals surface area contributed by atoms with E-state index in [9.17, 15) is 9.59 Å². The number of H-pyrrole nitrogens is 1. The van der Waals surface area contributed by atoms with E-state index in [0.717, 1.165) is 69.0 Å². The number of aryl methyl sites for hydroxylation is 1. The largest absolute Gasteiger partial charge is 0.496 e. The van der Waals surface area contributed by atoms with Crippen LogP contribution in [0.3, 0.4) is 0 Å². The summed E-state index contributed by atoms with van der Waals surface area (Å²) in [5.74, 6) is 0.794. The van der Waals surface area contributed by atoms with Crippen molar-refractivity contribution in [3.05, 3.63) is 83.2 Å². The molecule has 0 aliphatic carbocycles. The summed E-state index contributed by atoms with van der Waals surface area (Å²) in [4.78, 5) is 39.4. The Morgan fingerprint density at radius 1 is 1.00 bits per heavy atom. The number of piperazine rings is 1. The number of hydrogen-bond acceptors (Lipinski definition) is 6. The van der Waals surface area contributed by atoms with Crippen molar-refractivity contribution >= 4 is 34.2 Å². The first-order valence-corrected chi connectivity index (χ1v) is 13.9. The molecule has 2 amide bonds. The van der Waals surface area contributed by atoms with Crippen molar-refractivity contribution in [2.75, 3.05) is 50.1 Å². The first-order chi connectivity index (χ1) is 19.6. The fourth-order valence-corrected chi connectivity index (χ4v) is 5.60. The number of carbonyl (C=O) groups excluding carboxylic acids is 2. The Bertz CT molecular complexity index is 1540. The van der Waals surface area contributed by atoms with Crippen molar-refractivity contribution in [3.63, 3.8) is 0 Å². The summed E-state index contributed by atoms with van der Waals surface area (Å²) in [7, 11) is 1.51. The van der Waals surface area contributed by atoms with Crippen LogP contribution in [0.5, 0.6) is 5.75 Å². The number of imidazole rings is 1. The molecule has 206 valence electrons. The molecule has 1 aromatic heterocycles. The number of methoxy groups -OCH3 is 1. The molecular weight excluding hydrogens is 504 g/mol. The summed E-state index contributed by atoms with van der Waals surface area (Å²) in [5, 5.41) is 6.37. The van der Waals surface area contributed by atoms with E-state index in [-0.39, 0.29) is 11.8 Å². The number of nitrogens with one attached hydrogen (secondary N) is 3. The number of hydrogen-bond donors (Lipinski definition) is 3. The van der Waals surface area contributed by atoms with Gasteiger partial charge in [0.25, 0.3) is 11.8 Å². The van der Waals surface area contributed by atoms with E-state index in [0.29, 0.717) is 34.6 Å². The zero-order chi connectivity index (χ0) is 27.5. The van der Waals surface area contributed by atoms with Crippen LogP contribution in [0, 0.1) is 0 Å². The molecule has 0 saturated carbocycles. The van der Waals surface area contributed by atoms with Crippen molar-refractivity contribution < 1.29 is 14.3 Å². The molecule has 9 heteroatoms. The van der Waals surface area contributed by atoms with Crippen LogP contribution in [-0.2, 0) is 13.0 Å². The molecule has 0 bridgehead atoms. The Morgan fingerprint density at radius 2 is 1.85 bits per heavy atom. The molecule has 1 saturated heterocycles. The third kappa shape index (κ3) is 5.30. The number of aromatic nitrogens is 2. The van der Waals surface area contributed by atoms with Crippen molar-refractivity contribution in [2.45, 2.75) is 25.8 Å². The van der Waals surface area contributed by atoms with Crippen LogP contribution in [0.2, 0.25) is 0 Å². The van der Waals surface area contributed by atoms with E-state index in [1.807, 2.05) is 41.3 Å². The van der Waals surface area contributed by atoms with E-state index in [1.165, 1.54) is 12.7 Å². The molecule has 2 aliphatic rings. The number of rotatable bonds is 6. The van der Waals surface area contributed by atoms with E-state index in [1.54, 1.807) is 18.2 Å². The lowest BCUT2D eigenvalue weighted by Crippen LogP contribution is -2.43. The monoisotopic (exact) mass is 538 g/mol. The number of aromatic amines is 1. The molecule has 0 radical (unpaired) electrons. The highest BCUT2D eigenvalue weighted by Crippen LogP contribution is 2.30. The molecule has 6 rings (SSSR count). The Hall–Kier alpha value is -4.21. The third-order valence-corrected chi connectivity index (χ3v) is 7.69. The van der Waals surface area contributed by atoms with Crippen molar-refractivity contribution in [1.82, 2.24) is 20.2 Å². The van der Waals surface area contributed by atoms with E-state index in [2.05, 4.69) is 26.6 Å². The molecule has 40 heavy (non-hydrogen) atoms. The van der Waals surface area contributed by atoms with Gasteiger partial charge in [-0.05, 0) is 61.2 Å². The van der Waals surface area contributed by atoms with Gasteiger partial charge in [-0.2, -0.15) is 0 Å². The molecule has 2 aliphatic heterocycles. The predicted molar refractivity (Wildman–Crippen MR) is 156 cm³/mol. The van der Waals surface area contributed by atoms with E-state index < -0.39 is 0 Å². The maximum atomic E-state index is 13.6. The van der Waals surface area contributed by atoms with Gasteiger partial charge in [0.1, 0.15) is 17.1 Å². The molecule has 3 heterocycles. The van der Waals surface area contributed by atoms with Crippen LogP contribution in [0.4, 0.5) is 11.4 Å². The van der Waals surface area contributed by atoms with Crippen molar-refractivity contribution in [1.29, 1.82) is 0 Å². The second kappa shape index (κ2) is 11.5. The smallest absolute Gasteiger partial charge is 0.259 e. The summed E-state index contributed by atoms with van der Waals surface area (Å²) in [6, 6.07) is 18.8. The lowest BCUT2D eigenvalue weighted by atomic mass is 10.1. The number of benzene rings is 3. The summed E-state index contributed by atoms with van der Waals surface area (Å²) in [6.45, 7) is 5.28. The minimum Gasteiger partial charge on any atom is -0.496 e. The van der Waals surface area contributed by atoms with Gasteiger partial charge >= 0.3 is 0 Å². The third-order valence-electron chi connectivity index (χ3n) is 7.69. The highest BCUT2D eigenvalue weighted by atomic mass is 16.5. The summed E-state index contributed by atoms with van der Waals surface area (Å²) in [5.41, 5.74) is 5.17. The van der Waals surface area contributed by atoms with Gasteiger partial charge in [-0.25, -0.2) is 4.98 Å². The Kier molecular flexibility index (Phi) is 7.48. The van der Waals surface area contributed by atoms with Gasteiger partial charge in [-0.1, -0.05) is 24.3 Å². The fourth-order valence-electron chi connectivity index (χ4n) is 5.60. The summed E-state index contributed by atoms with van der Waals surface area (Å²) >= 11 is 0. The van der Waals surface area contributed by atoms with Crippen molar-refractivity contribution in [2.24, 2.45) is 0 Å². The van der Waals surface area contributed by atoms with Gasteiger partial charge in [-0.3, -0.25) is 14.5 Å². The molecule has 0 unspecified atom stereocenters. The highest BCUT2D eigenvalue weighted by molar-refractivity contribution is 6.11. The van der Waals surface area contributed by atoms with Crippen LogP contribution < -0.4 is 20.3 Å². The van der Waals surface area contributed by atoms with Crippen LogP contribution in [0.25, 0.3) is 11.0 Å². The molecule has 9 nitrogen and oxygen atoms in total. The maximum absolute atomic E-state index is 13.6. The number of carbonyl (C=O) groups is 2. The van der Waals surface area contributed by atoms with Gasteiger partial charge in [0.15, 0.2) is 0 Å². The Labute approximate surface area is 233 Å². The van der Waals surface area contributed by atoms with Gasteiger partial charge in [-0.15, -0.1) is 0 Å². The molecule has 3 N–H and O–H groups in total. The van der Waals surface area contributed by atoms with Crippen LogP contribution in [0.15, 0.2) is 60.7 Å². The number of nitrogens with zero attached hydrogens (tertiary/aromatic N) is 3. The van der Waals surface area contributed by atoms with Crippen LogP contribution in [-0.4, -0.2) is 66.5 Å². The van der Waals surface area contributed by atoms with Gasteiger partial charge in [0, 0.05) is 44.0 Å². The maximum Gasteiger partial charge on any atom is 0.259 e. The molecular formula is C31H34N6O3. The topological polar surface area (TPSA) is 103 Å². The highest BCUT2D eigenvalue weighted by Gasteiger charge is 2.24. The van der Waals surface area contributed by atoms with Crippen molar-refractivity contribution in [3.8, 4) is 5.75 Å². The molecule has 4 aromatic rings. The van der Waals surface area contributed by atoms with E-state index in [4.69, 9.17) is 9.72 Å². The lowest BCUT2D eigenvalue weighted by Gasteiger charge is -2.26. The second-order valence-corrected chi connectivity index (χ2v) is 10.3. The lowest BCUT2D eigenvalue weighted by molar-refractivity contribution is 0.0982. The number of anilines is 2. The first-order valence-electron chi connectivity index (χ1n) is 13.9. The average molecular weight is 539 g/mol. The standard InChI is InChI=1S/C31H34N6O3/c1-40-27-19-22(31(39)37-16-5-4-8-21-7-2-3-11-26(21)37)12-13-23(27)30(38)34-25-10-6-9-24-29(25)35-28(33-24)20-36-17-14-32-15-18-36/h2-3,6-7,9-13,19,32H,4-5,8,14-18,20H2,1H3,(H,33,35)(H,34,38). The average Bonchev–Trinajstić information content (AvgIpc) is 3.28. The molecule has 0 atom stereocenters. The number of fused-ring (bicyclic) bond motifs is 2. The number of amides is 2. The number of para-hydroxylation sites is 2. The fraction of sp³-hybridized carbons (Fsp3) is 0.323. The predicted octanol–water partition coefficient (Wildman–Crippen LogP) is 4.21. The van der Waals surface area contributed by atoms with E-state index >= 15 is 0 Å². The van der Waals surface area contributed by atoms with Crippen LogP contribution in [0.1, 0.15) is 44.9 Å². The SMILES string of the molecule is COc1cc(C(=O)N2CCCCc3ccccc32)ccc1C(=O)Nc1cccc2[nH]c(CN3CCNCC3)nc12. The Morgan fingerprint density at radius 3 is 2.70 bits per heavy atom. The summed E-state index contributed by atoms with van der Waals surface area (Å²) < 4.78 is 5.59. The Balaban J connectivity index is 1.22. The molecule has 3 aromatic carbocycles. The normalized spacial score (nSPS) is 15.9. The zero-order valence-electron chi connectivity index (χ0n) is 22.7. The molecule has 0 spiro atoms. The minimum atomic E-state index is -0.324. The van der Waals surface area contributed by atoms with Gasteiger partial charge in [0.05, 0.1) is 30.4 Å². The molecule has 1 fully saturated rings. The van der Waals surface area contributed by atoms with Crippen LogP contribution >= 0.6 is 0 Å².